The van der Waals surface area contributed by atoms with Crippen molar-refractivity contribution in [3.05, 3.63) is 10.0 Å². The highest BCUT2D eigenvalue weighted by Gasteiger charge is 2.41. The molecule has 1 fully saturated rings. The van der Waals surface area contributed by atoms with E-state index in [0.29, 0.717) is 25.3 Å². The zero-order chi connectivity index (χ0) is 14.0. The van der Waals surface area contributed by atoms with E-state index in [2.05, 4.69) is 15.5 Å². The molecule has 1 amide bonds. The Morgan fingerprint density at radius 3 is 2.53 bits per heavy atom. The molecular weight excluding hydrogens is 266 g/mol. The first-order valence-corrected chi connectivity index (χ1v) is 7.13. The summed E-state index contributed by atoms with van der Waals surface area (Å²) in [4.78, 5) is 22.7. The second kappa shape index (κ2) is 5.64. The largest absolute Gasteiger partial charge is 0.481 e. The Morgan fingerprint density at radius 2 is 2.05 bits per heavy atom. The lowest BCUT2D eigenvalue weighted by atomic mass is 9.73. The molecule has 0 aliphatic heterocycles. The van der Waals surface area contributed by atoms with Crippen molar-refractivity contribution in [1.29, 1.82) is 0 Å². The summed E-state index contributed by atoms with van der Waals surface area (Å²) in [6, 6.07) is 0. The Labute approximate surface area is 115 Å². The molecule has 2 rings (SSSR count). The third-order valence-corrected chi connectivity index (χ3v) is 4.54. The van der Waals surface area contributed by atoms with Gasteiger partial charge in [-0.2, -0.15) is 0 Å². The van der Waals surface area contributed by atoms with Crippen LogP contribution in [0.5, 0.6) is 0 Å². The number of rotatable bonds is 5. The van der Waals surface area contributed by atoms with E-state index in [1.807, 2.05) is 13.8 Å². The predicted octanol–water partition coefficient (Wildman–Crippen LogP) is 1.39. The van der Waals surface area contributed by atoms with Gasteiger partial charge in [-0.15, -0.1) is 10.2 Å². The van der Waals surface area contributed by atoms with Crippen molar-refractivity contribution >= 4 is 23.2 Å². The number of nitrogens with zero attached hydrogens (tertiary/aromatic N) is 2. The molecule has 1 aromatic rings. The van der Waals surface area contributed by atoms with E-state index in [0.717, 1.165) is 10.0 Å². The lowest BCUT2D eigenvalue weighted by molar-refractivity contribution is -0.152. The Morgan fingerprint density at radius 1 is 1.37 bits per heavy atom. The van der Waals surface area contributed by atoms with Crippen molar-refractivity contribution < 1.29 is 14.7 Å². The van der Waals surface area contributed by atoms with E-state index in [9.17, 15) is 9.59 Å². The van der Waals surface area contributed by atoms with Gasteiger partial charge in [0.15, 0.2) is 0 Å². The third kappa shape index (κ3) is 3.09. The fourth-order valence-corrected chi connectivity index (χ4v) is 2.76. The molecule has 7 heteroatoms. The summed E-state index contributed by atoms with van der Waals surface area (Å²) in [5, 5.41) is 21.4. The average Bonchev–Trinajstić information content (AvgIpc) is 2.72. The average molecular weight is 283 g/mol. The molecule has 2 N–H and O–H groups in total. The van der Waals surface area contributed by atoms with Gasteiger partial charge in [-0.1, -0.05) is 25.2 Å². The number of carboxylic acid groups (broad SMARTS) is 1. The second-order valence-electron chi connectivity index (χ2n) is 5.04. The molecule has 1 aromatic heterocycles. The van der Waals surface area contributed by atoms with Gasteiger partial charge < -0.3 is 10.4 Å². The molecule has 104 valence electrons. The van der Waals surface area contributed by atoms with Crippen LogP contribution in [-0.2, 0) is 16.1 Å². The summed E-state index contributed by atoms with van der Waals surface area (Å²) < 4.78 is 0. The van der Waals surface area contributed by atoms with Crippen LogP contribution in [0.15, 0.2) is 0 Å². The molecule has 1 saturated carbocycles. The molecular formula is C12H17N3O3S. The highest BCUT2D eigenvalue weighted by Crippen LogP contribution is 2.34. The molecule has 2 atom stereocenters. The molecule has 0 aromatic carbocycles. The molecule has 19 heavy (non-hydrogen) atoms. The van der Waals surface area contributed by atoms with Crippen molar-refractivity contribution in [3.63, 3.8) is 0 Å². The minimum absolute atomic E-state index is 0.194. The molecule has 0 spiro atoms. The molecule has 1 heterocycles. The van der Waals surface area contributed by atoms with E-state index in [4.69, 9.17) is 5.11 Å². The molecule has 1 aliphatic carbocycles. The van der Waals surface area contributed by atoms with Gasteiger partial charge >= 0.3 is 5.97 Å². The summed E-state index contributed by atoms with van der Waals surface area (Å²) in [6.45, 7) is 4.40. The maximum absolute atomic E-state index is 11.8. The molecule has 6 nitrogen and oxygen atoms in total. The van der Waals surface area contributed by atoms with Gasteiger partial charge in [0, 0.05) is 5.92 Å². The summed E-state index contributed by atoms with van der Waals surface area (Å²) in [5.41, 5.74) is 0. The van der Waals surface area contributed by atoms with Gasteiger partial charge in [0.2, 0.25) is 5.91 Å². The van der Waals surface area contributed by atoms with Gasteiger partial charge in [-0.3, -0.25) is 9.59 Å². The van der Waals surface area contributed by atoms with Crippen LogP contribution in [0.4, 0.5) is 0 Å². The Bertz CT molecular complexity index is 486. The highest BCUT2D eigenvalue weighted by molar-refractivity contribution is 7.11. The Kier molecular flexibility index (Phi) is 4.14. The van der Waals surface area contributed by atoms with Crippen LogP contribution in [0, 0.1) is 11.8 Å². The van der Waals surface area contributed by atoms with Crippen LogP contribution < -0.4 is 5.32 Å². The van der Waals surface area contributed by atoms with Crippen LogP contribution >= 0.6 is 11.3 Å². The third-order valence-electron chi connectivity index (χ3n) is 3.32. The van der Waals surface area contributed by atoms with E-state index >= 15 is 0 Å². The van der Waals surface area contributed by atoms with Crippen LogP contribution in [0.1, 0.15) is 42.6 Å². The summed E-state index contributed by atoms with van der Waals surface area (Å²) in [7, 11) is 0. The van der Waals surface area contributed by atoms with E-state index < -0.39 is 17.8 Å². The number of hydrogen-bond donors (Lipinski definition) is 2. The maximum atomic E-state index is 11.8. The van der Waals surface area contributed by atoms with Gasteiger partial charge in [0.05, 0.1) is 18.4 Å². The monoisotopic (exact) mass is 283 g/mol. The first kappa shape index (κ1) is 13.9. The topological polar surface area (TPSA) is 92.2 Å². The highest BCUT2D eigenvalue weighted by atomic mass is 32.1. The number of aromatic nitrogens is 2. The summed E-state index contributed by atoms with van der Waals surface area (Å²) >= 11 is 1.47. The fraction of sp³-hybridized carbons (Fsp3) is 0.667. The van der Waals surface area contributed by atoms with Gasteiger partial charge in [0.1, 0.15) is 10.0 Å². The number of amides is 1. The number of aliphatic carboxylic acids is 1. The first-order valence-electron chi connectivity index (χ1n) is 6.31. The predicted molar refractivity (Wildman–Crippen MR) is 69.7 cm³/mol. The smallest absolute Gasteiger partial charge is 0.307 e. The molecule has 0 bridgehead atoms. The van der Waals surface area contributed by atoms with Crippen molar-refractivity contribution in [2.75, 3.05) is 0 Å². The number of carbonyl (C=O) groups is 2. The van der Waals surface area contributed by atoms with E-state index in [1.54, 1.807) is 0 Å². The van der Waals surface area contributed by atoms with Gasteiger partial charge in [-0.05, 0) is 12.8 Å². The van der Waals surface area contributed by atoms with Gasteiger partial charge in [-0.25, -0.2) is 0 Å². The maximum Gasteiger partial charge on any atom is 0.307 e. The molecule has 0 radical (unpaired) electrons. The number of hydrogen-bond acceptors (Lipinski definition) is 5. The molecule has 1 aliphatic rings. The molecule has 0 saturated heterocycles. The fourth-order valence-electron chi connectivity index (χ4n) is 1.97. The summed E-state index contributed by atoms with van der Waals surface area (Å²) in [6.07, 6.45) is 1.24. The number of carboxylic acids is 1. The summed E-state index contributed by atoms with van der Waals surface area (Å²) in [5.74, 6) is -1.68. The van der Waals surface area contributed by atoms with E-state index in [1.165, 1.54) is 11.3 Å². The van der Waals surface area contributed by atoms with Crippen LogP contribution in [0.3, 0.4) is 0 Å². The van der Waals surface area contributed by atoms with Crippen molar-refractivity contribution in [2.45, 2.75) is 39.2 Å². The Hall–Kier alpha value is -1.50. The quantitative estimate of drug-likeness (QED) is 0.852. The minimum Gasteiger partial charge on any atom is -0.481 e. The standard InChI is InChI=1S/C12H17N3O3S/c1-6(2)11-15-14-9(19-11)5-13-10(16)7-3-4-8(7)12(17)18/h6-8H,3-5H2,1-2H3,(H,13,16)(H,17,18). The SMILES string of the molecule is CC(C)c1nnc(CNC(=O)C2CCC2C(=O)O)s1. The Balaban J connectivity index is 1.85. The van der Waals surface area contributed by atoms with Crippen molar-refractivity contribution in [2.24, 2.45) is 11.8 Å². The first-order chi connectivity index (χ1) is 8.99. The van der Waals surface area contributed by atoms with Crippen LogP contribution in [0.25, 0.3) is 0 Å². The normalized spacial score (nSPS) is 22.1. The lowest BCUT2D eigenvalue weighted by Crippen LogP contribution is -2.43. The van der Waals surface area contributed by atoms with E-state index in [-0.39, 0.29) is 5.91 Å². The van der Waals surface area contributed by atoms with Crippen LogP contribution in [0.2, 0.25) is 0 Å². The van der Waals surface area contributed by atoms with Crippen molar-refractivity contribution in [3.8, 4) is 0 Å². The zero-order valence-corrected chi connectivity index (χ0v) is 11.7. The number of carbonyl (C=O) groups excluding carboxylic acids is 1. The minimum atomic E-state index is -0.885. The molecule has 2 unspecified atom stereocenters. The van der Waals surface area contributed by atoms with Crippen LogP contribution in [-0.4, -0.2) is 27.2 Å². The van der Waals surface area contributed by atoms with Crippen molar-refractivity contribution in [1.82, 2.24) is 15.5 Å². The lowest BCUT2D eigenvalue weighted by Gasteiger charge is -2.31. The zero-order valence-electron chi connectivity index (χ0n) is 10.9. The van der Waals surface area contributed by atoms with Gasteiger partial charge in [0.25, 0.3) is 0 Å². The number of nitrogens with one attached hydrogen (secondary N) is 1. The second-order valence-corrected chi connectivity index (χ2v) is 6.13.